The summed E-state index contributed by atoms with van der Waals surface area (Å²) in [6.07, 6.45) is 7.17. The number of rotatable bonds is 3. The van der Waals surface area contributed by atoms with Gasteiger partial charge in [0.15, 0.2) is 5.82 Å². The summed E-state index contributed by atoms with van der Waals surface area (Å²) in [5.74, 6) is 0.725. The lowest BCUT2D eigenvalue weighted by Gasteiger charge is -2.16. The van der Waals surface area contributed by atoms with Crippen LogP contribution in [-0.4, -0.2) is 32.2 Å². The van der Waals surface area contributed by atoms with Crippen molar-refractivity contribution in [1.29, 1.82) is 0 Å². The summed E-state index contributed by atoms with van der Waals surface area (Å²) >= 11 is 0. The first-order chi connectivity index (χ1) is 10.7. The van der Waals surface area contributed by atoms with Crippen LogP contribution in [0.2, 0.25) is 0 Å². The van der Waals surface area contributed by atoms with E-state index in [1.54, 1.807) is 4.68 Å². The first-order valence-electron chi connectivity index (χ1n) is 7.90. The summed E-state index contributed by atoms with van der Waals surface area (Å²) in [4.78, 5) is 12.3. The average molecular weight is 299 g/mol. The zero-order chi connectivity index (χ0) is 15.4. The van der Waals surface area contributed by atoms with Crippen molar-refractivity contribution in [3.63, 3.8) is 0 Å². The summed E-state index contributed by atoms with van der Waals surface area (Å²) < 4.78 is 1.65. The molecular weight excluding hydrogens is 278 g/mol. The van der Waals surface area contributed by atoms with E-state index in [4.69, 9.17) is 0 Å². The van der Waals surface area contributed by atoms with Crippen molar-refractivity contribution < 1.29 is 4.79 Å². The number of aryl methyl sites for hydroxylation is 1. The molecule has 0 radical (unpaired) electrons. The second-order valence-corrected chi connectivity index (χ2v) is 5.85. The van der Waals surface area contributed by atoms with E-state index in [1.165, 1.54) is 25.7 Å². The molecule has 1 amide bonds. The summed E-state index contributed by atoms with van der Waals surface area (Å²) in [6.45, 7) is 1.84. The molecule has 1 saturated carbocycles. The molecule has 2 aromatic rings. The Bertz CT molecular complexity index is 626. The number of carbonyl (C=O) groups excluding carboxylic acids is 1. The summed E-state index contributed by atoms with van der Waals surface area (Å²) in [6, 6.07) is 7.69. The van der Waals surface area contributed by atoms with Crippen molar-refractivity contribution >= 4 is 5.91 Å². The van der Waals surface area contributed by atoms with Gasteiger partial charge in [-0.05, 0) is 54.5 Å². The highest BCUT2D eigenvalue weighted by molar-refractivity contribution is 5.94. The maximum absolute atomic E-state index is 12.3. The van der Waals surface area contributed by atoms with E-state index in [0.29, 0.717) is 11.6 Å². The maximum atomic E-state index is 12.3. The van der Waals surface area contributed by atoms with Crippen molar-refractivity contribution in [3.8, 4) is 5.69 Å². The topological polar surface area (TPSA) is 72.7 Å². The van der Waals surface area contributed by atoms with Crippen LogP contribution in [0.1, 0.15) is 54.7 Å². The molecule has 0 unspecified atom stereocenters. The van der Waals surface area contributed by atoms with Crippen LogP contribution in [0.25, 0.3) is 5.69 Å². The Hall–Kier alpha value is -2.24. The van der Waals surface area contributed by atoms with E-state index in [2.05, 4.69) is 20.8 Å². The van der Waals surface area contributed by atoms with Crippen LogP contribution in [0.4, 0.5) is 0 Å². The van der Waals surface area contributed by atoms with Gasteiger partial charge < -0.3 is 5.32 Å². The lowest BCUT2D eigenvalue weighted by atomic mass is 10.1. The second kappa shape index (κ2) is 6.68. The molecule has 0 saturated heterocycles. The summed E-state index contributed by atoms with van der Waals surface area (Å²) in [7, 11) is 0. The third kappa shape index (κ3) is 3.32. The molecule has 1 N–H and O–H groups in total. The van der Waals surface area contributed by atoms with Gasteiger partial charge in [0.25, 0.3) is 5.91 Å². The minimum atomic E-state index is 0.00638. The maximum Gasteiger partial charge on any atom is 0.251 e. The Kier molecular flexibility index (Phi) is 4.46. The fourth-order valence-corrected chi connectivity index (χ4v) is 2.92. The molecule has 0 spiro atoms. The van der Waals surface area contributed by atoms with E-state index >= 15 is 0 Å². The molecule has 1 heterocycles. The van der Waals surface area contributed by atoms with Crippen molar-refractivity contribution in [1.82, 2.24) is 25.5 Å². The molecular formula is C16H21N5O. The van der Waals surface area contributed by atoms with E-state index in [-0.39, 0.29) is 5.91 Å². The number of hydrogen-bond donors (Lipinski definition) is 1. The van der Waals surface area contributed by atoms with Gasteiger partial charge in [0, 0.05) is 11.6 Å². The molecule has 3 rings (SSSR count). The molecule has 1 aromatic carbocycles. The lowest BCUT2D eigenvalue weighted by molar-refractivity contribution is 0.0933. The Morgan fingerprint density at radius 1 is 1.14 bits per heavy atom. The number of aromatic nitrogens is 4. The van der Waals surface area contributed by atoms with Crippen LogP contribution in [-0.2, 0) is 0 Å². The third-order valence-corrected chi connectivity index (χ3v) is 4.19. The zero-order valence-corrected chi connectivity index (χ0v) is 12.8. The molecule has 0 atom stereocenters. The van der Waals surface area contributed by atoms with Gasteiger partial charge in [-0.1, -0.05) is 25.7 Å². The predicted octanol–water partition coefficient (Wildman–Crippen LogP) is 2.42. The summed E-state index contributed by atoms with van der Waals surface area (Å²) in [5.41, 5.74) is 1.53. The van der Waals surface area contributed by atoms with Gasteiger partial charge in [-0.25, -0.2) is 0 Å². The minimum Gasteiger partial charge on any atom is -0.349 e. The Morgan fingerprint density at radius 3 is 2.41 bits per heavy atom. The number of nitrogens with zero attached hydrogens (tertiary/aromatic N) is 4. The smallest absolute Gasteiger partial charge is 0.251 e. The number of hydrogen-bond acceptors (Lipinski definition) is 4. The van der Waals surface area contributed by atoms with Gasteiger partial charge in [0.1, 0.15) is 0 Å². The van der Waals surface area contributed by atoms with Crippen LogP contribution in [0.15, 0.2) is 24.3 Å². The van der Waals surface area contributed by atoms with E-state index < -0.39 is 0 Å². The molecule has 1 fully saturated rings. The molecule has 0 bridgehead atoms. The number of tetrazole rings is 1. The van der Waals surface area contributed by atoms with Crippen molar-refractivity contribution in [3.05, 3.63) is 35.7 Å². The molecule has 0 aliphatic heterocycles. The Morgan fingerprint density at radius 2 is 1.82 bits per heavy atom. The van der Waals surface area contributed by atoms with Crippen LogP contribution >= 0.6 is 0 Å². The van der Waals surface area contributed by atoms with Gasteiger partial charge in [-0.2, -0.15) is 4.68 Å². The molecule has 6 nitrogen and oxygen atoms in total. The standard InChI is InChI=1S/C16H21N5O/c1-12-18-19-20-21(12)15-10-8-13(9-11-15)16(22)17-14-6-4-2-3-5-7-14/h8-11,14H,2-7H2,1H3,(H,17,22). The van der Waals surface area contributed by atoms with Crippen molar-refractivity contribution in [2.75, 3.05) is 0 Å². The highest BCUT2D eigenvalue weighted by Crippen LogP contribution is 2.18. The van der Waals surface area contributed by atoms with Crippen LogP contribution in [0.5, 0.6) is 0 Å². The van der Waals surface area contributed by atoms with E-state index in [9.17, 15) is 4.79 Å². The quantitative estimate of drug-likeness (QED) is 0.883. The Balaban J connectivity index is 1.67. The molecule has 1 aromatic heterocycles. The molecule has 1 aliphatic carbocycles. The fraction of sp³-hybridized carbons (Fsp3) is 0.500. The van der Waals surface area contributed by atoms with Crippen LogP contribution < -0.4 is 5.32 Å². The van der Waals surface area contributed by atoms with Crippen molar-refractivity contribution in [2.24, 2.45) is 0 Å². The van der Waals surface area contributed by atoms with Gasteiger partial charge in [0.05, 0.1) is 5.69 Å². The van der Waals surface area contributed by atoms with Gasteiger partial charge in [-0.3, -0.25) is 4.79 Å². The monoisotopic (exact) mass is 299 g/mol. The first kappa shape index (κ1) is 14.7. The number of nitrogens with one attached hydrogen (secondary N) is 1. The number of carbonyl (C=O) groups is 1. The molecule has 116 valence electrons. The normalized spacial score (nSPS) is 16.2. The third-order valence-electron chi connectivity index (χ3n) is 4.19. The SMILES string of the molecule is Cc1nnnn1-c1ccc(C(=O)NC2CCCCCC2)cc1. The molecule has 1 aliphatic rings. The largest absolute Gasteiger partial charge is 0.349 e. The lowest BCUT2D eigenvalue weighted by Crippen LogP contribution is -2.34. The van der Waals surface area contributed by atoms with Gasteiger partial charge >= 0.3 is 0 Å². The fourth-order valence-electron chi connectivity index (χ4n) is 2.92. The predicted molar refractivity (Wildman–Crippen MR) is 82.8 cm³/mol. The second-order valence-electron chi connectivity index (χ2n) is 5.85. The minimum absolute atomic E-state index is 0.00638. The average Bonchev–Trinajstić information content (AvgIpc) is 2.80. The first-order valence-corrected chi connectivity index (χ1v) is 7.90. The molecule has 22 heavy (non-hydrogen) atoms. The number of amides is 1. The van der Waals surface area contributed by atoms with Crippen LogP contribution in [0, 0.1) is 6.92 Å². The van der Waals surface area contributed by atoms with Crippen molar-refractivity contribution in [2.45, 2.75) is 51.5 Å². The molecule has 6 heteroatoms. The summed E-state index contributed by atoms with van der Waals surface area (Å²) in [5, 5.41) is 14.6. The highest BCUT2D eigenvalue weighted by Gasteiger charge is 2.15. The zero-order valence-electron chi connectivity index (χ0n) is 12.8. The van der Waals surface area contributed by atoms with Crippen LogP contribution in [0.3, 0.4) is 0 Å². The highest BCUT2D eigenvalue weighted by atomic mass is 16.1. The number of benzene rings is 1. The van der Waals surface area contributed by atoms with E-state index in [0.717, 1.165) is 24.4 Å². The Labute approximate surface area is 129 Å². The van der Waals surface area contributed by atoms with Gasteiger partial charge in [-0.15, -0.1) is 5.10 Å². The van der Waals surface area contributed by atoms with E-state index in [1.807, 2.05) is 31.2 Å². The van der Waals surface area contributed by atoms with Gasteiger partial charge in [0.2, 0.25) is 0 Å².